The van der Waals surface area contributed by atoms with Crippen LogP contribution in [0.3, 0.4) is 0 Å². The maximum Gasteiger partial charge on any atom is 0 e. The van der Waals surface area contributed by atoms with Crippen molar-refractivity contribution in [2.45, 2.75) is 0 Å². The smallest absolute Gasteiger partial charge is 0 e. The zero-order chi connectivity index (χ0) is 0. The minimum atomic E-state index is 0. The van der Waals surface area contributed by atoms with E-state index in [1.165, 1.54) is 0 Å². The standard InChI is InChI=1S/Cu.H2O.H2S.Sn.Zn.2H/h;2*1H2;;;;. The van der Waals surface area contributed by atoms with Gasteiger partial charge in [-0.15, -0.1) is 0 Å². The maximum atomic E-state index is 0. The van der Waals surface area contributed by atoms with Gasteiger partial charge >= 0.3 is 23.9 Å². The molecule has 0 heterocycles. The Bertz CT molecular complexity index is 11.6. The Balaban J connectivity index is 0. The summed E-state index contributed by atoms with van der Waals surface area (Å²) in [6.45, 7) is 0. The summed E-state index contributed by atoms with van der Waals surface area (Å²) in [5.74, 6) is 0. The fourth-order valence-electron chi connectivity index (χ4n) is 0. The second kappa shape index (κ2) is 34.0. The number of hydrogen-bond donors (Lipinski definition) is 0. The molecule has 0 spiro atoms. The summed E-state index contributed by atoms with van der Waals surface area (Å²) in [5.41, 5.74) is 0. The van der Waals surface area contributed by atoms with E-state index >= 15 is 0 Å². The quantitative estimate of drug-likeness (QED) is 0.481. The molecule has 0 aliphatic rings. The molecule has 0 atom stereocenters. The fourth-order valence-corrected chi connectivity index (χ4v) is 0. The molecule has 0 aromatic heterocycles. The van der Waals surface area contributed by atoms with Gasteiger partial charge in [0.25, 0.3) is 0 Å². The number of hydrogen-bond acceptors (Lipinski definition) is 0. The van der Waals surface area contributed by atoms with Crippen molar-refractivity contribution in [3.63, 3.8) is 0 Å². The van der Waals surface area contributed by atoms with Gasteiger partial charge in [0.2, 0.25) is 0 Å². The van der Waals surface area contributed by atoms with E-state index < -0.39 is 0 Å². The van der Waals surface area contributed by atoms with Gasteiger partial charge in [-0.2, -0.15) is 13.5 Å². The summed E-state index contributed by atoms with van der Waals surface area (Å²) in [6, 6.07) is 0. The third kappa shape index (κ3) is 22.3. The van der Waals surface area contributed by atoms with Gasteiger partial charge in [-0.1, -0.05) is 0 Å². The van der Waals surface area contributed by atoms with Gasteiger partial charge in [0.05, 0.1) is 0 Å². The van der Waals surface area contributed by atoms with Gasteiger partial charge in [-0.05, 0) is 0 Å². The molecule has 0 aromatic carbocycles. The van der Waals surface area contributed by atoms with Crippen molar-refractivity contribution in [1.82, 2.24) is 0 Å². The van der Waals surface area contributed by atoms with Crippen LogP contribution in [-0.2, 0) is 36.5 Å². The second-order valence-corrected chi connectivity index (χ2v) is 0. The van der Waals surface area contributed by atoms with Crippen molar-refractivity contribution in [2.24, 2.45) is 0 Å². The van der Waals surface area contributed by atoms with Crippen LogP contribution in [0, 0.1) is 0 Å². The molecule has 0 fully saturated rings. The van der Waals surface area contributed by atoms with Crippen LogP contribution in [0.5, 0.6) is 0 Å². The normalized spacial score (nSPS) is 0. The molecular formula is H6CuOSSnZn. The van der Waals surface area contributed by atoms with Crippen LogP contribution in [0.1, 0.15) is 0 Å². The molecule has 35 valence electrons. The summed E-state index contributed by atoms with van der Waals surface area (Å²) in [4.78, 5) is 0. The molecule has 2 N–H and O–H groups in total. The van der Waals surface area contributed by atoms with Crippen LogP contribution >= 0.6 is 13.5 Å². The molecule has 0 saturated heterocycles. The molecule has 0 aliphatic heterocycles. The molecule has 0 rings (SSSR count). The molecule has 0 saturated carbocycles. The van der Waals surface area contributed by atoms with Crippen molar-refractivity contribution < 1.29 is 42.0 Å². The Hall–Kier alpha value is 2.25. The first-order valence-electron chi connectivity index (χ1n) is 0. The van der Waals surface area contributed by atoms with E-state index in [2.05, 4.69) is 0 Å². The predicted octanol–water partition coefficient (Wildman–Crippen LogP) is -1.63. The molecule has 0 bridgehead atoms. The SMILES string of the molecule is O.S.[Cu].[SnH2].[Zn]. The van der Waals surface area contributed by atoms with Crippen molar-refractivity contribution in [2.75, 3.05) is 0 Å². The Morgan fingerprint density at radius 2 is 1.00 bits per heavy atom. The minimum Gasteiger partial charge on any atom is 0 e. The molecule has 0 aromatic rings. The van der Waals surface area contributed by atoms with Crippen LogP contribution in [0.15, 0.2) is 0 Å². The fraction of sp³-hybridized carbons (Fsp3) is 0. The Morgan fingerprint density at radius 1 is 1.00 bits per heavy atom. The Morgan fingerprint density at radius 3 is 1.00 bits per heavy atom. The second-order valence-electron chi connectivity index (χ2n) is 0. The van der Waals surface area contributed by atoms with Crippen LogP contribution in [0.4, 0.5) is 0 Å². The predicted molar refractivity (Wildman–Crippen MR) is 22.5 cm³/mol. The van der Waals surface area contributed by atoms with Gasteiger partial charge < -0.3 is 5.48 Å². The van der Waals surface area contributed by atoms with Crippen LogP contribution in [0.25, 0.3) is 0 Å². The Kier molecular flexibility index (Phi) is 380. The molecule has 1 nitrogen and oxygen atoms in total. The third-order valence-electron chi connectivity index (χ3n) is 0. The van der Waals surface area contributed by atoms with E-state index in [0.717, 1.165) is 0 Å². The topological polar surface area (TPSA) is 31.5 Å². The van der Waals surface area contributed by atoms with Crippen molar-refractivity contribution in [3.8, 4) is 0 Å². The van der Waals surface area contributed by atoms with E-state index in [1.807, 2.05) is 0 Å². The van der Waals surface area contributed by atoms with Gasteiger partial charge in [-0.3, -0.25) is 0 Å². The van der Waals surface area contributed by atoms with Crippen LogP contribution < -0.4 is 0 Å². The van der Waals surface area contributed by atoms with Gasteiger partial charge in [0, 0.05) is 36.5 Å². The molecule has 0 aliphatic carbocycles. The number of rotatable bonds is 0. The first-order valence-corrected chi connectivity index (χ1v) is 0. The van der Waals surface area contributed by atoms with E-state index in [9.17, 15) is 0 Å². The molecule has 5 heteroatoms. The summed E-state index contributed by atoms with van der Waals surface area (Å²) in [5, 5.41) is 0. The van der Waals surface area contributed by atoms with Crippen molar-refractivity contribution in [1.29, 1.82) is 0 Å². The van der Waals surface area contributed by atoms with Gasteiger partial charge in [0.1, 0.15) is 0 Å². The van der Waals surface area contributed by atoms with Crippen LogP contribution in [0.2, 0.25) is 0 Å². The van der Waals surface area contributed by atoms with Gasteiger partial charge in [-0.25, -0.2) is 0 Å². The van der Waals surface area contributed by atoms with Gasteiger partial charge in [0.15, 0.2) is 0 Å². The largest absolute Gasteiger partial charge is 0 e. The van der Waals surface area contributed by atoms with Crippen LogP contribution in [-0.4, -0.2) is 29.4 Å². The first-order chi connectivity index (χ1) is 0. The Labute approximate surface area is 78.6 Å². The van der Waals surface area contributed by atoms with Crippen molar-refractivity contribution >= 4 is 37.4 Å². The summed E-state index contributed by atoms with van der Waals surface area (Å²) in [6.07, 6.45) is 0. The van der Waals surface area contributed by atoms with E-state index in [1.54, 1.807) is 0 Å². The summed E-state index contributed by atoms with van der Waals surface area (Å²) >= 11 is 0. The molecule has 0 unspecified atom stereocenters. The molecular weight excluding hydrogens is 296 g/mol. The van der Waals surface area contributed by atoms with E-state index in [4.69, 9.17) is 0 Å². The first kappa shape index (κ1) is 55.9. The zero-order valence-electron chi connectivity index (χ0n) is 2.72. The van der Waals surface area contributed by atoms with E-state index in [0.29, 0.717) is 0 Å². The molecule has 0 amide bonds. The minimum absolute atomic E-state index is 0. The maximum absolute atomic E-state index is 0. The van der Waals surface area contributed by atoms with E-state index in [-0.39, 0.29) is 79.4 Å². The average molecular weight is 302 g/mol. The zero-order valence-corrected chi connectivity index (χ0v) is 11.7. The summed E-state index contributed by atoms with van der Waals surface area (Å²) in [7, 11) is 0. The monoisotopic (exact) mass is 301 g/mol. The van der Waals surface area contributed by atoms with Crippen molar-refractivity contribution in [3.05, 3.63) is 0 Å². The molecule has 3 radical (unpaired) electrons. The third-order valence-corrected chi connectivity index (χ3v) is 0. The molecule has 5 heavy (non-hydrogen) atoms. The average Bonchev–Trinajstić information content (AvgIpc) is 0. The summed E-state index contributed by atoms with van der Waals surface area (Å²) < 4.78 is 0.